The molecule has 3 heterocycles. The van der Waals surface area contributed by atoms with Crippen LogP contribution in [0.3, 0.4) is 0 Å². The molecule has 3 aromatic heterocycles. The number of hydrogen-bond donors (Lipinski definition) is 1. The lowest BCUT2D eigenvalue weighted by Gasteiger charge is -2.02. The molecule has 0 aliphatic rings. The van der Waals surface area contributed by atoms with Crippen molar-refractivity contribution in [2.45, 2.75) is 19.9 Å². The number of rotatable bonds is 4. The van der Waals surface area contributed by atoms with Crippen molar-refractivity contribution in [3.63, 3.8) is 0 Å². The monoisotopic (exact) mass is 301 g/mol. The lowest BCUT2D eigenvalue weighted by atomic mass is 10.4. The lowest BCUT2D eigenvalue weighted by Crippen LogP contribution is -2.16. The number of nitrogens with one attached hydrogen (secondary N) is 1. The molecule has 3 rings (SSSR count). The number of anilines is 1. The highest BCUT2D eigenvalue weighted by Gasteiger charge is 2.16. The molecule has 1 N–H and O–H groups in total. The predicted octanol–water partition coefficient (Wildman–Crippen LogP) is 1.50. The number of hydrogen-bond acceptors (Lipinski definition) is 6. The second-order valence-electron chi connectivity index (χ2n) is 4.98. The summed E-state index contributed by atoms with van der Waals surface area (Å²) >= 11 is 0. The number of amides is 1. The Balaban J connectivity index is 1.76. The van der Waals surface area contributed by atoms with E-state index in [1.54, 1.807) is 23.9 Å². The summed E-state index contributed by atoms with van der Waals surface area (Å²) in [6.45, 7) is 4.04. The van der Waals surface area contributed by atoms with Gasteiger partial charge in [-0.1, -0.05) is 5.10 Å². The summed E-state index contributed by atoms with van der Waals surface area (Å²) in [5.74, 6) is -0.123. The lowest BCUT2D eigenvalue weighted by molar-refractivity contribution is 0.101. The first-order chi connectivity index (χ1) is 10.5. The fourth-order valence-electron chi connectivity index (χ4n) is 1.87. The zero-order valence-electron chi connectivity index (χ0n) is 12.4. The zero-order valence-corrected chi connectivity index (χ0v) is 12.4. The van der Waals surface area contributed by atoms with Gasteiger partial charge in [0.05, 0.1) is 0 Å². The van der Waals surface area contributed by atoms with Gasteiger partial charge in [0.1, 0.15) is 11.4 Å². The maximum Gasteiger partial charge on any atom is 0.322 e. The number of carbonyl (C=O) groups is 1. The third-order valence-electron chi connectivity index (χ3n) is 3.06. The molecule has 9 heteroatoms. The van der Waals surface area contributed by atoms with Crippen molar-refractivity contribution in [3.05, 3.63) is 30.2 Å². The summed E-state index contributed by atoms with van der Waals surface area (Å²) in [5.41, 5.74) is 0.950. The van der Waals surface area contributed by atoms with Crippen molar-refractivity contribution >= 4 is 11.9 Å². The van der Waals surface area contributed by atoms with Crippen molar-refractivity contribution in [3.8, 4) is 11.6 Å². The van der Waals surface area contributed by atoms with E-state index in [2.05, 4.69) is 25.7 Å². The quantitative estimate of drug-likeness (QED) is 0.783. The van der Waals surface area contributed by atoms with Crippen molar-refractivity contribution in [2.75, 3.05) is 5.32 Å². The van der Waals surface area contributed by atoms with Crippen LogP contribution in [0.2, 0.25) is 0 Å². The van der Waals surface area contributed by atoms with E-state index >= 15 is 0 Å². The second-order valence-corrected chi connectivity index (χ2v) is 4.98. The van der Waals surface area contributed by atoms with Gasteiger partial charge in [-0.25, -0.2) is 0 Å². The van der Waals surface area contributed by atoms with Crippen LogP contribution < -0.4 is 5.32 Å². The molecular weight excluding hydrogens is 286 g/mol. The summed E-state index contributed by atoms with van der Waals surface area (Å²) in [4.78, 5) is 12.0. The van der Waals surface area contributed by atoms with Gasteiger partial charge < -0.3 is 4.42 Å². The molecule has 1 amide bonds. The van der Waals surface area contributed by atoms with Gasteiger partial charge in [0.15, 0.2) is 0 Å². The molecule has 22 heavy (non-hydrogen) atoms. The third kappa shape index (κ3) is 2.60. The number of nitrogens with zero attached hydrogens (tertiary/aromatic N) is 6. The normalized spacial score (nSPS) is 11.1. The molecule has 0 atom stereocenters. The largest absolute Gasteiger partial charge is 0.401 e. The summed E-state index contributed by atoms with van der Waals surface area (Å²) in [6.07, 6.45) is 3.37. The Hall–Kier alpha value is -2.97. The molecule has 0 aliphatic carbocycles. The summed E-state index contributed by atoms with van der Waals surface area (Å²) in [6, 6.07) is 3.62. The van der Waals surface area contributed by atoms with Crippen molar-refractivity contribution < 1.29 is 9.21 Å². The first kappa shape index (κ1) is 14.0. The average Bonchev–Trinajstić information content (AvgIpc) is 3.16. The molecule has 9 nitrogen and oxygen atoms in total. The van der Waals surface area contributed by atoms with E-state index in [0.717, 1.165) is 0 Å². The molecule has 0 aromatic carbocycles. The van der Waals surface area contributed by atoms with Gasteiger partial charge in [-0.05, 0) is 26.0 Å². The number of aromatic nitrogens is 6. The molecular formula is C13H15N7O2. The smallest absolute Gasteiger partial charge is 0.322 e. The van der Waals surface area contributed by atoms with Crippen LogP contribution in [0.25, 0.3) is 11.6 Å². The maximum absolute atomic E-state index is 12.0. The van der Waals surface area contributed by atoms with Crippen molar-refractivity contribution in [1.29, 1.82) is 0 Å². The van der Waals surface area contributed by atoms with E-state index in [4.69, 9.17) is 4.42 Å². The maximum atomic E-state index is 12.0. The van der Waals surface area contributed by atoms with Gasteiger partial charge in [0, 0.05) is 25.5 Å². The average molecular weight is 301 g/mol. The van der Waals surface area contributed by atoms with E-state index in [1.807, 2.05) is 20.0 Å². The van der Waals surface area contributed by atoms with Gasteiger partial charge in [0.25, 0.3) is 11.8 Å². The Morgan fingerprint density at radius 1 is 1.32 bits per heavy atom. The van der Waals surface area contributed by atoms with E-state index in [0.29, 0.717) is 11.4 Å². The standard InChI is InChI=1S/C13H15N7O2/c1-8(2)20-7-5-9(18-20)12-16-17-13(22-12)15-11(21)10-4-6-14-19(10)3/h4-8H,1-3H3,(H,15,17,21). The molecule has 0 aliphatic heterocycles. The van der Waals surface area contributed by atoms with E-state index in [-0.39, 0.29) is 23.9 Å². The molecule has 0 fully saturated rings. The molecule has 0 radical (unpaired) electrons. The van der Waals surface area contributed by atoms with Crippen LogP contribution in [0.4, 0.5) is 6.01 Å². The van der Waals surface area contributed by atoms with Crippen LogP contribution in [-0.2, 0) is 7.05 Å². The molecule has 3 aromatic rings. The Morgan fingerprint density at radius 2 is 2.14 bits per heavy atom. The predicted molar refractivity (Wildman–Crippen MR) is 77.1 cm³/mol. The minimum Gasteiger partial charge on any atom is -0.401 e. The van der Waals surface area contributed by atoms with E-state index < -0.39 is 0 Å². The first-order valence-electron chi connectivity index (χ1n) is 6.73. The second kappa shape index (κ2) is 5.43. The van der Waals surface area contributed by atoms with Crippen LogP contribution in [0.5, 0.6) is 0 Å². The van der Waals surface area contributed by atoms with Crippen LogP contribution in [0, 0.1) is 0 Å². The van der Waals surface area contributed by atoms with Gasteiger partial charge in [-0.3, -0.25) is 19.5 Å². The minimum atomic E-state index is -0.372. The summed E-state index contributed by atoms with van der Waals surface area (Å²) in [5, 5.41) is 18.5. The number of aryl methyl sites for hydroxylation is 1. The molecule has 114 valence electrons. The van der Waals surface area contributed by atoms with Crippen LogP contribution in [0.15, 0.2) is 28.9 Å². The minimum absolute atomic E-state index is 0.0142. The molecule has 0 bridgehead atoms. The SMILES string of the molecule is CC(C)n1ccc(-c2nnc(NC(=O)c3ccnn3C)o2)n1. The van der Waals surface area contributed by atoms with Crippen LogP contribution >= 0.6 is 0 Å². The molecule has 0 saturated carbocycles. The van der Waals surface area contributed by atoms with Gasteiger partial charge in [0.2, 0.25) is 0 Å². The van der Waals surface area contributed by atoms with Gasteiger partial charge in [-0.15, -0.1) is 5.10 Å². The van der Waals surface area contributed by atoms with E-state index in [9.17, 15) is 4.79 Å². The summed E-state index contributed by atoms with van der Waals surface area (Å²) in [7, 11) is 1.67. The zero-order chi connectivity index (χ0) is 15.7. The van der Waals surface area contributed by atoms with E-state index in [1.165, 1.54) is 10.9 Å². The topological polar surface area (TPSA) is 104 Å². The molecule has 0 saturated heterocycles. The first-order valence-corrected chi connectivity index (χ1v) is 6.73. The summed E-state index contributed by atoms with van der Waals surface area (Å²) < 4.78 is 8.65. The van der Waals surface area contributed by atoms with Crippen LogP contribution in [0.1, 0.15) is 30.4 Å². The fraction of sp³-hybridized carbons (Fsp3) is 0.308. The van der Waals surface area contributed by atoms with Gasteiger partial charge >= 0.3 is 6.01 Å². The third-order valence-corrected chi connectivity index (χ3v) is 3.06. The highest BCUT2D eigenvalue weighted by molar-refractivity contribution is 6.01. The molecule has 0 spiro atoms. The Kier molecular flexibility index (Phi) is 3.45. The Labute approximate surface area is 125 Å². The van der Waals surface area contributed by atoms with Crippen LogP contribution in [-0.4, -0.2) is 35.7 Å². The number of carbonyl (C=O) groups excluding carboxylic acids is 1. The highest BCUT2D eigenvalue weighted by Crippen LogP contribution is 2.19. The van der Waals surface area contributed by atoms with Gasteiger partial charge in [-0.2, -0.15) is 10.2 Å². The Morgan fingerprint density at radius 3 is 2.77 bits per heavy atom. The Bertz CT molecular complexity index is 799. The highest BCUT2D eigenvalue weighted by atomic mass is 16.4. The molecule has 0 unspecified atom stereocenters. The fourth-order valence-corrected chi connectivity index (χ4v) is 1.87. The van der Waals surface area contributed by atoms with Crippen molar-refractivity contribution in [1.82, 2.24) is 29.8 Å². The van der Waals surface area contributed by atoms with Crippen molar-refractivity contribution in [2.24, 2.45) is 7.05 Å².